The molecule has 0 bridgehead atoms. The summed E-state index contributed by atoms with van der Waals surface area (Å²) in [6.45, 7) is 3.30. The summed E-state index contributed by atoms with van der Waals surface area (Å²) in [5, 5.41) is 3.90. The Morgan fingerprint density at radius 2 is 2.26 bits per heavy atom. The number of carbonyl (C=O) groups is 1. The van der Waals surface area contributed by atoms with Crippen molar-refractivity contribution in [2.24, 2.45) is 0 Å². The number of amides is 1. The average molecular weight is 283 g/mol. The molecule has 2 rings (SSSR count). The Balaban J connectivity index is 2.04. The Kier molecular flexibility index (Phi) is 4.80. The molecule has 0 aromatic heterocycles. The summed E-state index contributed by atoms with van der Waals surface area (Å²) in [7, 11) is 1.66. The van der Waals surface area contributed by atoms with Crippen LogP contribution in [-0.2, 0) is 9.53 Å². The second-order valence-electron chi connectivity index (χ2n) is 4.81. The lowest BCUT2D eigenvalue weighted by molar-refractivity contribution is -0.119. The summed E-state index contributed by atoms with van der Waals surface area (Å²) in [4.78, 5) is 14.1. The number of anilines is 1. The highest BCUT2D eigenvalue weighted by atomic mass is 35.5. The van der Waals surface area contributed by atoms with E-state index in [0.717, 1.165) is 12.1 Å². The molecule has 0 radical (unpaired) electrons. The Hall–Kier alpha value is -1.10. The van der Waals surface area contributed by atoms with Gasteiger partial charge in [-0.25, -0.2) is 0 Å². The van der Waals surface area contributed by atoms with Crippen molar-refractivity contribution in [1.82, 2.24) is 5.32 Å². The van der Waals surface area contributed by atoms with E-state index in [2.05, 4.69) is 5.32 Å². The van der Waals surface area contributed by atoms with E-state index in [1.54, 1.807) is 18.1 Å². The van der Waals surface area contributed by atoms with Crippen molar-refractivity contribution in [1.29, 1.82) is 0 Å². The number of hydrogen-bond acceptors (Lipinski definition) is 3. The summed E-state index contributed by atoms with van der Waals surface area (Å²) in [5.74, 6) is 0.0797. The summed E-state index contributed by atoms with van der Waals surface area (Å²) < 4.78 is 5.07. The molecule has 5 heteroatoms. The number of rotatable bonds is 5. The molecule has 1 N–H and O–H groups in total. The summed E-state index contributed by atoms with van der Waals surface area (Å²) in [6.07, 6.45) is 0.790. The quantitative estimate of drug-likeness (QED) is 0.899. The van der Waals surface area contributed by atoms with E-state index in [-0.39, 0.29) is 18.0 Å². The minimum atomic E-state index is -0.151. The highest BCUT2D eigenvalue weighted by molar-refractivity contribution is 6.33. The van der Waals surface area contributed by atoms with Crippen LogP contribution < -0.4 is 10.2 Å². The van der Waals surface area contributed by atoms with Gasteiger partial charge in [0.2, 0.25) is 5.91 Å². The van der Waals surface area contributed by atoms with E-state index in [0.29, 0.717) is 18.2 Å². The zero-order valence-electron chi connectivity index (χ0n) is 11.2. The number of ether oxygens (including phenoxy) is 1. The van der Waals surface area contributed by atoms with Crippen LogP contribution in [0.25, 0.3) is 0 Å². The third kappa shape index (κ3) is 3.26. The lowest BCUT2D eigenvalue weighted by Gasteiger charge is -2.20. The smallest absolute Gasteiger partial charge is 0.244 e. The molecule has 1 aliphatic rings. The zero-order chi connectivity index (χ0) is 13.8. The van der Waals surface area contributed by atoms with Crippen molar-refractivity contribution < 1.29 is 9.53 Å². The van der Waals surface area contributed by atoms with Crippen molar-refractivity contribution >= 4 is 23.2 Å². The number of halogens is 1. The van der Waals surface area contributed by atoms with Crippen molar-refractivity contribution in [3.8, 4) is 0 Å². The van der Waals surface area contributed by atoms with Crippen molar-refractivity contribution in [2.75, 3.05) is 25.2 Å². The summed E-state index contributed by atoms with van der Waals surface area (Å²) in [6, 6.07) is 7.44. The Bertz CT molecular complexity index is 453. The Morgan fingerprint density at radius 1 is 1.53 bits per heavy atom. The van der Waals surface area contributed by atoms with Crippen LogP contribution in [0.3, 0.4) is 0 Å². The number of para-hydroxylation sites is 1. The van der Waals surface area contributed by atoms with Crippen LogP contribution in [-0.4, -0.2) is 38.3 Å². The molecule has 0 spiro atoms. The lowest BCUT2D eigenvalue weighted by Crippen LogP contribution is -2.44. The molecule has 0 saturated carbocycles. The predicted octanol–water partition coefficient (Wildman–Crippen LogP) is 2.07. The summed E-state index contributed by atoms with van der Waals surface area (Å²) in [5.41, 5.74) is 0.790. The molecule has 1 fully saturated rings. The second kappa shape index (κ2) is 6.37. The zero-order valence-corrected chi connectivity index (χ0v) is 12.0. The monoisotopic (exact) mass is 282 g/mol. The fourth-order valence-corrected chi connectivity index (χ4v) is 2.62. The standard InChI is InChI=1S/C14H19ClN2O2/c1-10(9-19-2)16-12-7-8-17(14(12)18)13-6-4-3-5-11(13)15/h3-6,10,12,16H,7-9H2,1-2H3. The number of nitrogens with one attached hydrogen (secondary N) is 1. The first-order chi connectivity index (χ1) is 9.13. The van der Waals surface area contributed by atoms with Crippen LogP contribution in [0.2, 0.25) is 5.02 Å². The lowest BCUT2D eigenvalue weighted by atomic mass is 10.2. The van der Waals surface area contributed by atoms with E-state index < -0.39 is 0 Å². The molecule has 104 valence electrons. The maximum absolute atomic E-state index is 12.4. The van der Waals surface area contributed by atoms with Crippen LogP contribution >= 0.6 is 11.6 Å². The molecule has 1 heterocycles. The highest BCUT2D eigenvalue weighted by Gasteiger charge is 2.33. The molecule has 0 aliphatic carbocycles. The average Bonchev–Trinajstić information content (AvgIpc) is 2.72. The third-order valence-electron chi connectivity index (χ3n) is 3.25. The number of methoxy groups -OCH3 is 1. The molecular formula is C14H19ClN2O2. The van der Waals surface area contributed by atoms with Gasteiger partial charge in [-0.15, -0.1) is 0 Å². The molecule has 4 nitrogen and oxygen atoms in total. The molecule has 1 saturated heterocycles. The van der Waals surface area contributed by atoms with Crippen molar-refractivity contribution in [3.05, 3.63) is 29.3 Å². The topological polar surface area (TPSA) is 41.6 Å². The van der Waals surface area contributed by atoms with Gasteiger partial charge in [0.25, 0.3) is 0 Å². The fourth-order valence-electron chi connectivity index (χ4n) is 2.39. The van der Waals surface area contributed by atoms with Crippen molar-refractivity contribution in [2.45, 2.75) is 25.4 Å². The third-order valence-corrected chi connectivity index (χ3v) is 3.57. The van der Waals surface area contributed by atoms with Gasteiger partial charge < -0.3 is 15.0 Å². The van der Waals surface area contributed by atoms with Gasteiger partial charge in [-0.2, -0.15) is 0 Å². The van der Waals surface area contributed by atoms with E-state index in [1.165, 1.54) is 0 Å². The van der Waals surface area contributed by atoms with E-state index in [4.69, 9.17) is 16.3 Å². The van der Waals surface area contributed by atoms with Gasteiger partial charge in [0.05, 0.1) is 23.4 Å². The SMILES string of the molecule is COCC(C)NC1CCN(c2ccccc2Cl)C1=O. The maximum Gasteiger partial charge on any atom is 0.244 e. The van der Waals surface area contributed by atoms with Crippen LogP contribution in [0.15, 0.2) is 24.3 Å². The Morgan fingerprint density at radius 3 is 2.95 bits per heavy atom. The highest BCUT2D eigenvalue weighted by Crippen LogP contribution is 2.29. The molecule has 19 heavy (non-hydrogen) atoms. The molecule has 1 aromatic carbocycles. The number of hydrogen-bond donors (Lipinski definition) is 1. The van der Waals surface area contributed by atoms with Gasteiger partial charge >= 0.3 is 0 Å². The van der Waals surface area contributed by atoms with Crippen LogP contribution in [0.4, 0.5) is 5.69 Å². The molecule has 1 aliphatic heterocycles. The maximum atomic E-state index is 12.4. The van der Waals surface area contributed by atoms with E-state index in [9.17, 15) is 4.79 Å². The van der Waals surface area contributed by atoms with Gasteiger partial charge in [-0.3, -0.25) is 4.79 Å². The van der Waals surface area contributed by atoms with E-state index >= 15 is 0 Å². The summed E-state index contributed by atoms with van der Waals surface area (Å²) >= 11 is 6.14. The number of benzene rings is 1. The van der Waals surface area contributed by atoms with Gasteiger partial charge in [0.1, 0.15) is 0 Å². The molecule has 2 atom stereocenters. The van der Waals surface area contributed by atoms with E-state index in [1.807, 2.05) is 25.1 Å². The molecular weight excluding hydrogens is 264 g/mol. The first-order valence-electron chi connectivity index (χ1n) is 6.44. The van der Waals surface area contributed by atoms with Gasteiger partial charge in [-0.05, 0) is 25.5 Å². The minimum absolute atomic E-state index is 0.0797. The first kappa shape index (κ1) is 14.3. The van der Waals surface area contributed by atoms with Crippen LogP contribution in [0.5, 0.6) is 0 Å². The predicted molar refractivity (Wildman–Crippen MR) is 76.7 cm³/mol. The van der Waals surface area contributed by atoms with Gasteiger partial charge in [0, 0.05) is 19.7 Å². The number of nitrogens with zero attached hydrogens (tertiary/aromatic N) is 1. The Labute approximate surface area is 118 Å². The van der Waals surface area contributed by atoms with Crippen LogP contribution in [0, 0.1) is 0 Å². The van der Waals surface area contributed by atoms with Gasteiger partial charge in [-0.1, -0.05) is 23.7 Å². The normalized spacial score (nSPS) is 20.9. The van der Waals surface area contributed by atoms with Crippen LogP contribution in [0.1, 0.15) is 13.3 Å². The number of carbonyl (C=O) groups excluding carboxylic acids is 1. The van der Waals surface area contributed by atoms with Gasteiger partial charge in [0.15, 0.2) is 0 Å². The largest absolute Gasteiger partial charge is 0.383 e. The van der Waals surface area contributed by atoms with Crippen molar-refractivity contribution in [3.63, 3.8) is 0 Å². The fraction of sp³-hybridized carbons (Fsp3) is 0.500. The molecule has 1 amide bonds. The second-order valence-corrected chi connectivity index (χ2v) is 5.21. The first-order valence-corrected chi connectivity index (χ1v) is 6.82. The molecule has 2 unspecified atom stereocenters. The molecule has 1 aromatic rings. The minimum Gasteiger partial charge on any atom is -0.383 e.